The third kappa shape index (κ3) is 4.41. The summed E-state index contributed by atoms with van der Waals surface area (Å²) in [5.74, 6) is 1.95. The lowest BCUT2D eigenvalue weighted by molar-refractivity contribution is 1.07. The van der Waals surface area contributed by atoms with Crippen LogP contribution in [-0.4, -0.2) is 15.0 Å². The van der Waals surface area contributed by atoms with Gasteiger partial charge in [0.1, 0.15) is 0 Å². The first-order valence-corrected chi connectivity index (χ1v) is 15.5. The summed E-state index contributed by atoms with van der Waals surface area (Å²) in [6, 6.07) is 57.6. The maximum absolute atomic E-state index is 5.18. The smallest absolute Gasteiger partial charge is 0.164 e. The molecular formula is C43H27N3. The van der Waals surface area contributed by atoms with Crippen molar-refractivity contribution < 1.29 is 0 Å². The van der Waals surface area contributed by atoms with Crippen LogP contribution in [0.3, 0.4) is 0 Å². The standard InChI is InChI=1S/C43H27N3/c1-2-14-30(15-3-1)41-44-42(33-23-22-28-12-4-5-16-31(28)26-33)46-43(45-41)38-21-11-10-20-36(38)40-35-19-9-7-17-32(35)27-39-34-18-8-6-13-29(34)24-25-37(39)40/h1-27H. The molecule has 0 spiro atoms. The van der Waals surface area contributed by atoms with E-state index < -0.39 is 0 Å². The third-order valence-electron chi connectivity index (χ3n) is 8.88. The van der Waals surface area contributed by atoms with Gasteiger partial charge >= 0.3 is 0 Å². The Bertz CT molecular complexity index is 2590. The van der Waals surface area contributed by atoms with Crippen LogP contribution in [0.2, 0.25) is 0 Å². The van der Waals surface area contributed by atoms with Gasteiger partial charge in [-0.15, -0.1) is 0 Å². The molecule has 214 valence electrons. The zero-order valence-corrected chi connectivity index (χ0v) is 24.9. The molecule has 0 saturated heterocycles. The topological polar surface area (TPSA) is 38.7 Å². The average molecular weight is 586 g/mol. The van der Waals surface area contributed by atoms with Crippen molar-refractivity contribution >= 4 is 43.1 Å². The Morgan fingerprint density at radius 2 is 0.870 bits per heavy atom. The molecule has 0 aliphatic carbocycles. The van der Waals surface area contributed by atoms with Crippen molar-refractivity contribution in [3.8, 4) is 45.3 Å². The van der Waals surface area contributed by atoms with Crippen LogP contribution in [0.4, 0.5) is 0 Å². The highest BCUT2D eigenvalue weighted by atomic mass is 15.0. The van der Waals surface area contributed by atoms with Crippen molar-refractivity contribution in [1.29, 1.82) is 0 Å². The first-order valence-electron chi connectivity index (χ1n) is 15.5. The second-order valence-corrected chi connectivity index (χ2v) is 11.6. The fourth-order valence-corrected chi connectivity index (χ4v) is 6.68. The van der Waals surface area contributed by atoms with E-state index in [-0.39, 0.29) is 0 Å². The lowest BCUT2D eigenvalue weighted by Gasteiger charge is -2.17. The summed E-state index contributed by atoms with van der Waals surface area (Å²) >= 11 is 0. The minimum atomic E-state index is 0.648. The predicted octanol–water partition coefficient (Wildman–Crippen LogP) is 11.2. The lowest BCUT2D eigenvalue weighted by atomic mass is 9.88. The highest BCUT2D eigenvalue weighted by Gasteiger charge is 2.19. The van der Waals surface area contributed by atoms with Crippen LogP contribution in [0.1, 0.15) is 0 Å². The van der Waals surface area contributed by atoms with Gasteiger partial charge in [0.25, 0.3) is 0 Å². The summed E-state index contributed by atoms with van der Waals surface area (Å²) < 4.78 is 0. The molecule has 3 nitrogen and oxygen atoms in total. The van der Waals surface area contributed by atoms with Crippen LogP contribution < -0.4 is 0 Å². The number of aromatic nitrogens is 3. The van der Waals surface area contributed by atoms with Crippen LogP contribution in [0.5, 0.6) is 0 Å². The molecule has 3 heteroatoms. The minimum Gasteiger partial charge on any atom is -0.208 e. The summed E-state index contributed by atoms with van der Waals surface area (Å²) in [7, 11) is 0. The molecule has 0 aliphatic rings. The molecule has 0 N–H and O–H groups in total. The van der Waals surface area contributed by atoms with Crippen LogP contribution in [0.25, 0.3) is 88.4 Å². The second-order valence-electron chi connectivity index (χ2n) is 11.6. The number of benzene rings is 8. The molecule has 0 atom stereocenters. The molecule has 0 fully saturated rings. The van der Waals surface area contributed by atoms with Gasteiger partial charge < -0.3 is 0 Å². The zero-order valence-electron chi connectivity index (χ0n) is 24.9. The van der Waals surface area contributed by atoms with E-state index in [2.05, 4.69) is 146 Å². The molecule has 0 aliphatic heterocycles. The van der Waals surface area contributed by atoms with E-state index >= 15 is 0 Å². The third-order valence-corrected chi connectivity index (χ3v) is 8.88. The Hall–Kier alpha value is -6.19. The van der Waals surface area contributed by atoms with E-state index in [1.54, 1.807) is 0 Å². The van der Waals surface area contributed by atoms with Crippen molar-refractivity contribution in [3.05, 3.63) is 164 Å². The number of hydrogen-bond donors (Lipinski definition) is 0. The second kappa shape index (κ2) is 10.8. The molecular weight excluding hydrogens is 558 g/mol. The monoisotopic (exact) mass is 585 g/mol. The van der Waals surface area contributed by atoms with Gasteiger partial charge in [-0.2, -0.15) is 0 Å². The Morgan fingerprint density at radius 1 is 0.283 bits per heavy atom. The van der Waals surface area contributed by atoms with E-state index in [9.17, 15) is 0 Å². The van der Waals surface area contributed by atoms with Crippen LogP contribution in [0, 0.1) is 0 Å². The average Bonchev–Trinajstić information content (AvgIpc) is 3.14. The molecule has 0 saturated carbocycles. The summed E-state index contributed by atoms with van der Waals surface area (Å²) in [4.78, 5) is 15.3. The van der Waals surface area contributed by atoms with Gasteiger partial charge in [0.2, 0.25) is 0 Å². The molecule has 0 radical (unpaired) electrons. The van der Waals surface area contributed by atoms with Crippen molar-refractivity contribution in [2.45, 2.75) is 0 Å². The predicted molar refractivity (Wildman–Crippen MR) is 192 cm³/mol. The Balaban J connectivity index is 1.33. The highest BCUT2D eigenvalue weighted by molar-refractivity contribution is 6.21. The van der Waals surface area contributed by atoms with Crippen molar-refractivity contribution in [1.82, 2.24) is 15.0 Å². The summed E-state index contributed by atoms with van der Waals surface area (Å²) in [5, 5.41) is 9.65. The molecule has 46 heavy (non-hydrogen) atoms. The summed E-state index contributed by atoms with van der Waals surface area (Å²) in [6.45, 7) is 0. The minimum absolute atomic E-state index is 0.648. The normalized spacial score (nSPS) is 11.5. The van der Waals surface area contributed by atoms with E-state index in [1.165, 1.54) is 43.3 Å². The van der Waals surface area contributed by atoms with Gasteiger partial charge in [0.05, 0.1) is 0 Å². The molecule has 1 aromatic heterocycles. The number of hydrogen-bond acceptors (Lipinski definition) is 3. The van der Waals surface area contributed by atoms with Gasteiger partial charge in [-0.05, 0) is 66.3 Å². The molecule has 9 aromatic rings. The van der Waals surface area contributed by atoms with Crippen LogP contribution in [-0.2, 0) is 0 Å². The Morgan fingerprint density at radius 3 is 1.70 bits per heavy atom. The van der Waals surface area contributed by atoms with E-state index in [0.29, 0.717) is 17.5 Å². The van der Waals surface area contributed by atoms with Crippen molar-refractivity contribution in [2.75, 3.05) is 0 Å². The molecule has 8 aromatic carbocycles. The van der Waals surface area contributed by atoms with Gasteiger partial charge in [-0.1, -0.05) is 152 Å². The van der Waals surface area contributed by atoms with Crippen LogP contribution >= 0.6 is 0 Å². The molecule has 9 rings (SSSR count). The van der Waals surface area contributed by atoms with Crippen molar-refractivity contribution in [3.63, 3.8) is 0 Å². The maximum atomic E-state index is 5.18. The van der Waals surface area contributed by atoms with Gasteiger partial charge in [-0.25, -0.2) is 15.0 Å². The van der Waals surface area contributed by atoms with Gasteiger partial charge in [0, 0.05) is 16.7 Å². The lowest BCUT2D eigenvalue weighted by Crippen LogP contribution is -2.01. The fraction of sp³-hybridized carbons (Fsp3) is 0. The summed E-state index contributed by atoms with van der Waals surface area (Å²) in [5.41, 5.74) is 5.15. The first-order chi connectivity index (χ1) is 22.8. The van der Waals surface area contributed by atoms with Crippen LogP contribution in [0.15, 0.2) is 164 Å². The van der Waals surface area contributed by atoms with Gasteiger partial charge in [-0.3, -0.25) is 0 Å². The first kappa shape index (κ1) is 26.2. The van der Waals surface area contributed by atoms with Gasteiger partial charge in [0.15, 0.2) is 17.5 Å². The highest BCUT2D eigenvalue weighted by Crippen LogP contribution is 2.42. The molecule has 0 amide bonds. The Labute approximate surface area is 266 Å². The largest absolute Gasteiger partial charge is 0.208 e. The summed E-state index contributed by atoms with van der Waals surface area (Å²) in [6.07, 6.45) is 0. The molecule has 0 unspecified atom stereocenters. The maximum Gasteiger partial charge on any atom is 0.164 e. The van der Waals surface area contributed by atoms with Crippen molar-refractivity contribution in [2.24, 2.45) is 0 Å². The van der Waals surface area contributed by atoms with E-state index in [1.807, 2.05) is 18.2 Å². The zero-order chi connectivity index (χ0) is 30.5. The fourth-order valence-electron chi connectivity index (χ4n) is 6.68. The number of rotatable bonds is 4. The molecule has 0 bridgehead atoms. The van der Waals surface area contributed by atoms with E-state index in [0.717, 1.165) is 27.6 Å². The SMILES string of the molecule is c1ccc(-c2nc(-c3ccc4ccccc4c3)nc(-c3ccccc3-c3c4ccccc4cc4c3ccc3ccccc34)n2)cc1. The van der Waals surface area contributed by atoms with E-state index in [4.69, 9.17) is 15.0 Å². The number of fused-ring (bicyclic) bond motifs is 5. The number of nitrogens with zero attached hydrogens (tertiary/aromatic N) is 3. The Kier molecular flexibility index (Phi) is 6.14. The molecule has 1 heterocycles. The quantitative estimate of drug-likeness (QED) is 0.152.